The average molecular weight is 298 g/mol. The van der Waals surface area contributed by atoms with Crippen molar-refractivity contribution in [1.82, 2.24) is 10.3 Å². The van der Waals surface area contributed by atoms with Crippen LogP contribution >= 0.6 is 0 Å². The number of pyridine rings is 1. The molecule has 1 aromatic carbocycles. The molecule has 0 radical (unpaired) electrons. The molecule has 0 fully saturated rings. The van der Waals surface area contributed by atoms with E-state index in [0.29, 0.717) is 5.92 Å². The zero-order valence-electron chi connectivity index (χ0n) is 13.9. The Morgan fingerprint density at radius 3 is 2.82 bits per heavy atom. The second kappa shape index (κ2) is 6.66. The lowest BCUT2D eigenvalue weighted by molar-refractivity contribution is 0.418. The minimum absolute atomic E-state index is 0.665. The molecule has 1 aliphatic carbocycles. The van der Waals surface area contributed by atoms with Crippen LogP contribution < -0.4 is 10.1 Å². The van der Waals surface area contributed by atoms with Gasteiger partial charge in [0.1, 0.15) is 11.3 Å². The highest BCUT2D eigenvalue weighted by atomic mass is 16.5. The lowest BCUT2D eigenvalue weighted by Gasteiger charge is -2.22. The van der Waals surface area contributed by atoms with Gasteiger partial charge in [0.2, 0.25) is 0 Å². The number of benzene rings is 1. The number of nitrogens with one attached hydrogen (secondary N) is 1. The third-order valence-corrected chi connectivity index (χ3v) is 4.45. The Labute approximate surface area is 133 Å². The monoisotopic (exact) mass is 298 g/mol. The van der Waals surface area contributed by atoms with Crippen LogP contribution in [0.15, 0.2) is 18.2 Å². The Kier molecular flexibility index (Phi) is 4.63. The molecule has 1 heterocycles. The molecule has 118 valence electrons. The van der Waals surface area contributed by atoms with Crippen molar-refractivity contribution < 1.29 is 4.74 Å². The van der Waals surface area contributed by atoms with Crippen LogP contribution in [0.25, 0.3) is 10.9 Å². The van der Waals surface area contributed by atoms with Gasteiger partial charge in [0.25, 0.3) is 0 Å². The molecular formula is C19H26N2O. The molecule has 1 aliphatic rings. The van der Waals surface area contributed by atoms with Gasteiger partial charge in [-0.3, -0.25) is 0 Å². The van der Waals surface area contributed by atoms with Crippen molar-refractivity contribution in [1.29, 1.82) is 0 Å². The van der Waals surface area contributed by atoms with Crippen molar-refractivity contribution in [3.8, 4) is 5.75 Å². The topological polar surface area (TPSA) is 34.1 Å². The maximum absolute atomic E-state index is 5.53. The first kappa shape index (κ1) is 15.3. The number of fused-ring (bicyclic) bond motifs is 2. The molecule has 0 atom stereocenters. The zero-order valence-corrected chi connectivity index (χ0v) is 13.9. The lowest BCUT2D eigenvalue weighted by Crippen LogP contribution is -2.21. The summed E-state index contributed by atoms with van der Waals surface area (Å²) in [6.07, 6.45) is 4.79. The third-order valence-electron chi connectivity index (χ3n) is 4.45. The first-order valence-electron chi connectivity index (χ1n) is 8.38. The molecule has 3 heteroatoms. The number of aryl methyl sites for hydroxylation is 1. The fourth-order valence-electron chi connectivity index (χ4n) is 3.37. The van der Waals surface area contributed by atoms with Crippen LogP contribution in [0, 0.1) is 5.92 Å². The van der Waals surface area contributed by atoms with E-state index in [0.717, 1.165) is 37.2 Å². The fourth-order valence-corrected chi connectivity index (χ4v) is 3.37. The van der Waals surface area contributed by atoms with Gasteiger partial charge in [0.15, 0.2) is 0 Å². The molecule has 1 aromatic heterocycles. The van der Waals surface area contributed by atoms with Gasteiger partial charge in [0, 0.05) is 17.6 Å². The molecule has 3 nitrogen and oxygen atoms in total. The zero-order chi connectivity index (χ0) is 15.5. The number of ether oxygens (including phenoxy) is 1. The van der Waals surface area contributed by atoms with Crippen molar-refractivity contribution in [2.75, 3.05) is 13.7 Å². The van der Waals surface area contributed by atoms with Gasteiger partial charge in [-0.05, 0) is 55.3 Å². The van der Waals surface area contributed by atoms with Crippen molar-refractivity contribution in [2.45, 2.75) is 46.1 Å². The van der Waals surface area contributed by atoms with Crippen molar-refractivity contribution in [3.63, 3.8) is 0 Å². The highest BCUT2D eigenvalue weighted by Gasteiger charge is 2.19. The van der Waals surface area contributed by atoms with E-state index in [-0.39, 0.29) is 0 Å². The van der Waals surface area contributed by atoms with Crippen LogP contribution in [-0.4, -0.2) is 18.6 Å². The molecule has 22 heavy (non-hydrogen) atoms. The largest absolute Gasteiger partial charge is 0.494 e. The first-order valence-corrected chi connectivity index (χ1v) is 8.38. The number of hydrogen-bond donors (Lipinski definition) is 1. The second-order valence-corrected chi connectivity index (χ2v) is 6.60. The predicted molar refractivity (Wildman–Crippen MR) is 91.5 cm³/mol. The lowest BCUT2D eigenvalue weighted by atomic mass is 9.89. The Hall–Kier alpha value is -1.61. The summed E-state index contributed by atoms with van der Waals surface area (Å²) in [5.74, 6) is 1.55. The van der Waals surface area contributed by atoms with Crippen molar-refractivity contribution >= 4 is 10.9 Å². The summed E-state index contributed by atoms with van der Waals surface area (Å²) >= 11 is 0. The van der Waals surface area contributed by atoms with Gasteiger partial charge in [-0.2, -0.15) is 0 Å². The molecule has 3 rings (SSSR count). The number of para-hydroxylation sites is 1. The van der Waals surface area contributed by atoms with E-state index >= 15 is 0 Å². The number of rotatable bonds is 5. The molecule has 2 aromatic rings. The van der Waals surface area contributed by atoms with Crippen LogP contribution in [-0.2, 0) is 19.4 Å². The number of methoxy groups -OCH3 is 1. The van der Waals surface area contributed by atoms with Gasteiger partial charge in [-0.1, -0.05) is 26.0 Å². The summed E-state index contributed by atoms with van der Waals surface area (Å²) in [6, 6.07) is 6.27. The van der Waals surface area contributed by atoms with E-state index in [9.17, 15) is 0 Å². The minimum Gasteiger partial charge on any atom is -0.494 e. The summed E-state index contributed by atoms with van der Waals surface area (Å²) in [6.45, 7) is 6.46. The molecule has 0 saturated carbocycles. The van der Waals surface area contributed by atoms with Gasteiger partial charge in [-0.15, -0.1) is 0 Å². The Balaban J connectivity index is 2.09. The summed E-state index contributed by atoms with van der Waals surface area (Å²) in [5.41, 5.74) is 5.21. The van der Waals surface area contributed by atoms with Crippen LogP contribution in [0.3, 0.4) is 0 Å². The van der Waals surface area contributed by atoms with Crippen LogP contribution in [0.4, 0.5) is 0 Å². The predicted octanol–water partition coefficient (Wildman–Crippen LogP) is 3.87. The summed E-state index contributed by atoms with van der Waals surface area (Å²) in [7, 11) is 1.73. The highest BCUT2D eigenvalue weighted by Crippen LogP contribution is 2.33. The maximum Gasteiger partial charge on any atom is 0.145 e. The number of aromatic nitrogens is 1. The van der Waals surface area contributed by atoms with Gasteiger partial charge < -0.3 is 10.1 Å². The van der Waals surface area contributed by atoms with Crippen LogP contribution in [0.5, 0.6) is 5.75 Å². The van der Waals surface area contributed by atoms with E-state index in [2.05, 4.69) is 31.3 Å². The standard InChI is InChI=1S/C19H26N2O/c1-13(2)11-20-12-16-14-7-4-5-9-17(14)21-19-15(16)8-6-10-18(19)22-3/h6,8,10,13,20H,4-5,7,9,11-12H2,1-3H3. The van der Waals surface area contributed by atoms with Crippen molar-refractivity contribution in [3.05, 3.63) is 35.0 Å². The van der Waals surface area contributed by atoms with Gasteiger partial charge in [0.05, 0.1) is 7.11 Å². The Morgan fingerprint density at radius 1 is 1.23 bits per heavy atom. The van der Waals surface area contributed by atoms with E-state index in [1.165, 1.54) is 35.0 Å². The average Bonchev–Trinajstić information content (AvgIpc) is 2.53. The quantitative estimate of drug-likeness (QED) is 0.910. The highest BCUT2D eigenvalue weighted by molar-refractivity contribution is 5.88. The molecule has 0 spiro atoms. The SMILES string of the molecule is COc1cccc2c(CNCC(C)C)c3c(nc12)CCCC3. The first-order chi connectivity index (χ1) is 10.7. The number of hydrogen-bond acceptors (Lipinski definition) is 3. The molecule has 1 N–H and O–H groups in total. The van der Waals surface area contributed by atoms with E-state index in [1.54, 1.807) is 7.11 Å². The molecular weight excluding hydrogens is 272 g/mol. The molecule has 0 aliphatic heterocycles. The Bertz CT molecular complexity index is 664. The molecule has 0 amide bonds. The Morgan fingerprint density at radius 2 is 2.05 bits per heavy atom. The van der Waals surface area contributed by atoms with E-state index < -0.39 is 0 Å². The third kappa shape index (κ3) is 2.95. The molecule has 0 saturated heterocycles. The maximum atomic E-state index is 5.53. The van der Waals surface area contributed by atoms with E-state index in [1.807, 2.05) is 6.07 Å². The number of nitrogens with zero attached hydrogens (tertiary/aromatic N) is 1. The summed E-state index contributed by atoms with van der Waals surface area (Å²) < 4.78 is 5.53. The normalized spacial score (nSPS) is 14.4. The van der Waals surface area contributed by atoms with E-state index in [4.69, 9.17) is 9.72 Å². The summed E-state index contributed by atoms with van der Waals surface area (Å²) in [4.78, 5) is 4.94. The van der Waals surface area contributed by atoms with Gasteiger partial charge in [-0.25, -0.2) is 4.98 Å². The molecule has 0 unspecified atom stereocenters. The molecule has 0 bridgehead atoms. The van der Waals surface area contributed by atoms with Crippen molar-refractivity contribution in [2.24, 2.45) is 5.92 Å². The van der Waals surface area contributed by atoms with Crippen LogP contribution in [0.2, 0.25) is 0 Å². The van der Waals surface area contributed by atoms with Crippen LogP contribution in [0.1, 0.15) is 43.5 Å². The summed E-state index contributed by atoms with van der Waals surface area (Å²) in [5, 5.41) is 4.86. The van der Waals surface area contributed by atoms with Gasteiger partial charge >= 0.3 is 0 Å². The minimum atomic E-state index is 0.665. The smallest absolute Gasteiger partial charge is 0.145 e. The fraction of sp³-hybridized carbons (Fsp3) is 0.526. The second-order valence-electron chi connectivity index (χ2n) is 6.60.